The van der Waals surface area contributed by atoms with Crippen molar-refractivity contribution in [3.05, 3.63) is 46.2 Å². The van der Waals surface area contributed by atoms with Crippen molar-refractivity contribution < 1.29 is 14.3 Å². The molecule has 1 amide bonds. The molecule has 1 unspecified atom stereocenters. The molecule has 5 nitrogen and oxygen atoms in total. The van der Waals surface area contributed by atoms with Crippen LogP contribution in [0.25, 0.3) is 0 Å². The van der Waals surface area contributed by atoms with Gasteiger partial charge in [0.05, 0.1) is 26.7 Å². The number of hydrogen-bond donors (Lipinski definition) is 1. The predicted molar refractivity (Wildman–Crippen MR) is 106 cm³/mol. The summed E-state index contributed by atoms with van der Waals surface area (Å²) in [6.45, 7) is 6.80. The first-order valence-electron chi connectivity index (χ1n) is 8.87. The highest BCUT2D eigenvalue weighted by Gasteiger charge is 2.20. The first-order valence-corrected chi connectivity index (χ1v) is 9.75. The van der Waals surface area contributed by atoms with Crippen LogP contribution in [-0.2, 0) is 11.2 Å². The number of rotatable bonds is 10. The van der Waals surface area contributed by atoms with Gasteiger partial charge in [0, 0.05) is 11.4 Å². The molecule has 1 N–H and O–H groups in total. The van der Waals surface area contributed by atoms with Crippen molar-refractivity contribution in [2.45, 2.75) is 26.3 Å². The summed E-state index contributed by atoms with van der Waals surface area (Å²) in [5.41, 5.74) is 0.899. The molecule has 0 spiro atoms. The van der Waals surface area contributed by atoms with Crippen LogP contribution in [0.5, 0.6) is 11.5 Å². The van der Waals surface area contributed by atoms with Gasteiger partial charge in [0.1, 0.15) is 0 Å². The van der Waals surface area contributed by atoms with E-state index in [-0.39, 0.29) is 11.9 Å². The molecule has 1 heterocycles. The first-order chi connectivity index (χ1) is 12.6. The van der Waals surface area contributed by atoms with Crippen molar-refractivity contribution >= 4 is 17.2 Å². The van der Waals surface area contributed by atoms with Gasteiger partial charge in [-0.2, -0.15) is 0 Å². The number of benzene rings is 1. The fourth-order valence-electron chi connectivity index (χ4n) is 3.00. The van der Waals surface area contributed by atoms with E-state index in [0.29, 0.717) is 24.5 Å². The molecular formula is C20H28N2O3S. The zero-order valence-corrected chi connectivity index (χ0v) is 16.8. The van der Waals surface area contributed by atoms with Gasteiger partial charge in [0.15, 0.2) is 11.5 Å². The van der Waals surface area contributed by atoms with Crippen LogP contribution in [-0.4, -0.2) is 44.7 Å². The van der Waals surface area contributed by atoms with Gasteiger partial charge in [0.2, 0.25) is 5.91 Å². The number of amides is 1. The molecule has 0 aliphatic carbocycles. The van der Waals surface area contributed by atoms with E-state index in [1.807, 2.05) is 18.2 Å². The number of carbonyl (C=O) groups is 1. The van der Waals surface area contributed by atoms with Crippen molar-refractivity contribution in [1.82, 2.24) is 10.2 Å². The second kappa shape index (κ2) is 10.2. The summed E-state index contributed by atoms with van der Waals surface area (Å²) in [5, 5.41) is 5.17. The van der Waals surface area contributed by atoms with E-state index in [4.69, 9.17) is 9.47 Å². The van der Waals surface area contributed by atoms with Crippen molar-refractivity contribution in [1.29, 1.82) is 0 Å². The summed E-state index contributed by atoms with van der Waals surface area (Å²) in [7, 11) is 3.19. The number of methoxy groups -OCH3 is 2. The smallest absolute Gasteiger partial charge is 0.224 e. The Kier molecular flexibility index (Phi) is 7.94. The van der Waals surface area contributed by atoms with Crippen molar-refractivity contribution in [2.75, 3.05) is 33.9 Å². The first kappa shape index (κ1) is 20.3. The maximum absolute atomic E-state index is 12.4. The van der Waals surface area contributed by atoms with Crippen LogP contribution in [0, 0.1) is 0 Å². The lowest BCUT2D eigenvalue weighted by Gasteiger charge is -2.29. The van der Waals surface area contributed by atoms with Crippen LogP contribution in [0.3, 0.4) is 0 Å². The molecule has 0 saturated carbocycles. The Morgan fingerprint density at radius 1 is 1.15 bits per heavy atom. The molecule has 1 aromatic carbocycles. The third-order valence-electron chi connectivity index (χ3n) is 4.43. The Morgan fingerprint density at radius 3 is 2.46 bits per heavy atom. The van der Waals surface area contributed by atoms with Crippen molar-refractivity contribution in [3.63, 3.8) is 0 Å². The van der Waals surface area contributed by atoms with E-state index in [9.17, 15) is 4.79 Å². The zero-order valence-electron chi connectivity index (χ0n) is 16.0. The Morgan fingerprint density at radius 2 is 1.88 bits per heavy atom. The second-order valence-corrected chi connectivity index (χ2v) is 6.90. The lowest BCUT2D eigenvalue weighted by Crippen LogP contribution is -2.38. The lowest BCUT2D eigenvalue weighted by molar-refractivity contribution is -0.120. The van der Waals surface area contributed by atoms with Gasteiger partial charge in [0.25, 0.3) is 0 Å². The highest BCUT2D eigenvalue weighted by molar-refractivity contribution is 7.10. The van der Waals surface area contributed by atoms with Crippen LogP contribution in [0.15, 0.2) is 35.7 Å². The fourth-order valence-corrected chi connectivity index (χ4v) is 3.86. The highest BCUT2D eigenvalue weighted by atomic mass is 32.1. The molecule has 2 aromatic rings. The molecule has 0 fully saturated rings. The van der Waals surface area contributed by atoms with E-state index >= 15 is 0 Å². The number of carbonyl (C=O) groups excluding carboxylic acids is 1. The van der Waals surface area contributed by atoms with Gasteiger partial charge >= 0.3 is 0 Å². The third kappa shape index (κ3) is 5.22. The van der Waals surface area contributed by atoms with E-state index in [1.165, 1.54) is 4.88 Å². The van der Waals surface area contributed by atoms with Crippen LogP contribution in [0.2, 0.25) is 0 Å². The topological polar surface area (TPSA) is 50.8 Å². The van der Waals surface area contributed by atoms with Crippen LogP contribution >= 0.6 is 11.3 Å². The van der Waals surface area contributed by atoms with E-state index in [1.54, 1.807) is 25.6 Å². The number of nitrogens with one attached hydrogen (secondary N) is 1. The molecular weight excluding hydrogens is 348 g/mol. The Bertz CT molecular complexity index is 684. The minimum absolute atomic E-state index is 0.00549. The molecule has 26 heavy (non-hydrogen) atoms. The minimum Gasteiger partial charge on any atom is -0.493 e. The third-order valence-corrected chi connectivity index (χ3v) is 5.40. The quantitative estimate of drug-likeness (QED) is 0.689. The molecule has 2 rings (SSSR count). The normalized spacial score (nSPS) is 12.0. The molecule has 0 aliphatic heterocycles. The predicted octanol–water partition coefficient (Wildman–Crippen LogP) is 3.51. The Labute approximate surface area is 159 Å². The number of hydrogen-bond acceptors (Lipinski definition) is 5. The van der Waals surface area contributed by atoms with Crippen LogP contribution < -0.4 is 14.8 Å². The van der Waals surface area contributed by atoms with Gasteiger partial charge in [-0.3, -0.25) is 9.69 Å². The van der Waals surface area contributed by atoms with Gasteiger partial charge in [-0.15, -0.1) is 11.3 Å². The summed E-state index contributed by atoms with van der Waals surface area (Å²) < 4.78 is 10.5. The average Bonchev–Trinajstić information content (AvgIpc) is 3.19. The highest BCUT2D eigenvalue weighted by Crippen LogP contribution is 2.28. The van der Waals surface area contributed by atoms with Crippen molar-refractivity contribution in [3.8, 4) is 11.5 Å². The summed E-state index contributed by atoms with van der Waals surface area (Å²) in [5.74, 6) is 1.30. The molecule has 142 valence electrons. The summed E-state index contributed by atoms with van der Waals surface area (Å²) in [6, 6.07) is 9.96. The fraction of sp³-hybridized carbons (Fsp3) is 0.450. The van der Waals surface area contributed by atoms with E-state index < -0.39 is 0 Å². The van der Waals surface area contributed by atoms with E-state index in [0.717, 1.165) is 18.7 Å². The molecule has 0 aliphatic rings. The maximum Gasteiger partial charge on any atom is 0.224 e. The van der Waals surface area contributed by atoms with Crippen LogP contribution in [0.1, 0.15) is 30.3 Å². The molecule has 1 aromatic heterocycles. The van der Waals surface area contributed by atoms with Crippen molar-refractivity contribution in [2.24, 2.45) is 0 Å². The standard InChI is InChI=1S/C20H28N2O3S/c1-5-22(6-2)16(19-8-7-11-26-19)14-21-20(23)13-15-9-10-17(24-3)18(12-15)25-4/h7-12,16H,5-6,13-14H2,1-4H3,(H,21,23). The molecule has 1 atom stereocenters. The number of ether oxygens (including phenoxy) is 2. The largest absolute Gasteiger partial charge is 0.493 e. The number of thiophene rings is 1. The van der Waals surface area contributed by atoms with Gasteiger partial charge in [-0.05, 0) is 42.2 Å². The number of nitrogens with zero attached hydrogens (tertiary/aromatic N) is 1. The monoisotopic (exact) mass is 376 g/mol. The van der Waals surface area contributed by atoms with E-state index in [2.05, 4.69) is 41.6 Å². The second-order valence-electron chi connectivity index (χ2n) is 5.92. The molecule has 0 saturated heterocycles. The lowest BCUT2D eigenvalue weighted by atomic mass is 10.1. The Hall–Kier alpha value is -2.05. The summed E-state index contributed by atoms with van der Waals surface area (Å²) in [4.78, 5) is 16.1. The summed E-state index contributed by atoms with van der Waals surface area (Å²) in [6.07, 6.45) is 0.315. The summed E-state index contributed by atoms with van der Waals surface area (Å²) >= 11 is 1.73. The molecule has 0 radical (unpaired) electrons. The SMILES string of the molecule is CCN(CC)C(CNC(=O)Cc1ccc(OC)c(OC)c1)c1cccs1. The van der Waals surface area contributed by atoms with Gasteiger partial charge < -0.3 is 14.8 Å². The maximum atomic E-state index is 12.4. The van der Waals surface area contributed by atoms with Gasteiger partial charge in [-0.25, -0.2) is 0 Å². The van der Waals surface area contributed by atoms with Crippen LogP contribution in [0.4, 0.5) is 0 Å². The average molecular weight is 377 g/mol. The molecule has 6 heteroatoms. The zero-order chi connectivity index (χ0) is 18.9. The number of likely N-dealkylation sites (N-methyl/N-ethyl adjacent to an activating group) is 1. The Balaban J connectivity index is 2.00. The van der Waals surface area contributed by atoms with Gasteiger partial charge in [-0.1, -0.05) is 26.0 Å². The minimum atomic E-state index is 0.00549. The molecule has 0 bridgehead atoms.